The second kappa shape index (κ2) is 4.90. The van der Waals surface area contributed by atoms with Gasteiger partial charge in [-0.1, -0.05) is 17.7 Å². The van der Waals surface area contributed by atoms with Gasteiger partial charge >= 0.3 is 0 Å². The first-order chi connectivity index (χ1) is 4.45. The molecule has 0 saturated heterocycles. The van der Waals surface area contributed by atoms with Crippen LogP contribution in [-0.2, 0) is 4.57 Å². The Labute approximate surface area is 79.2 Å². The van der Waals surface area contributed by atoms with Gasteiger partial charge in [-0.2, -0.15) is 0 Å². The van der Waals surface area contributed by atoms with E-state index in [0.29, 0.717) is 5.03 Å². The summed E-state index contributed by atoms with van der Waals surface area (Å²) in [5, 5.41) is 0.336. The molecule has 0 aliphatic carbocycles. The van der Waals surface area contributed by atoms with Gasteiger partial charge in [0.05, 0.1) is 6.16 Å². The summed E-state index contributed by atoms with van der Waals surface area (Å²) in [5.41, 5.74) is 0. The molecule has 0 aromatic rings. The van der Waals surface area contributed by atoms with Crippen LogP contribution in [0.5, 0.6) is 0 Å². The monoisotopic (exact) mass is 240 g/mol. The first kappa shape index (κ1) is 11.1. The lowest BCUT2D eigenvalue weighted by Gasteiger charge is -1.97. The van der Waals surface area contributed by atoms with Gasteiger partial charge in [0, 0.05) is 10.9 Å². The van der Waals surface area contributed by atoms with E-state index in [9.17, 15) is 4.57 Å². The molecule has 0 atom stereocenters. The third-order valence-corrected chi connectivity index (χ3v) is 2.69. The second-order valence-corrected chi connectivity index (χ2v) is 7.58. The molecule has 0 rings (SSSR count). The van der Waals surface area contributed by atoms with Crippen molar-refractivity contribution >= 4 is 51.5 Å². The Bertz CT molecular complexity index is 172. The van der Waals surface area contributed by atoms with Gasteiger partial charge in [0.15, 0.2) is 0 Å². The molecule has 0 aliphatic rings. The highest BCUT2D eigenvalue weighted by molar-refractivity contribution is 8.08. The van der Waals surface area contributed by atoms with Crippen molar-refractivity contribution in [3.8, 4) is 0 Å². The minimum Gasteiger partial charge on any atom is -0.289 e. The van der Waals surface area contributed by atoms with Crippen LogP contribution in [0.1, 0.15) is 0 Å². The van der Waals surface area contributed by atoms with E-state index in [1.165, 1.54) is 6.08 Å². The highest BCUT2D eigenvalue weighted by Gasteiger charge is 2.14. The van der Waals surface area contributed by atoms with Crippen molar-refractivity contribution in [3.05, 3.63) is 11.1 Å². The van der Waals surface area contributed by atoms with E-state index in [0.717, 1.165) is 0 Å². The maximum Gasteiger partial charge on any atom is 0.258 e. The van der Waals surface area contributed by atoms with E-state index in [4.69, 9.17) is 45.7 Å². The Balaban J connectivity index is 3.92. The Hall–Kier alpha value is 1.13. The lowest BCUT2D eigenvalue weighted by Crippen LogP contribution is -1.78. The fourth-order valence-corrected chi connectivity index (χ4v) is 2.79. The Morgan fingerprint density at radius 3 is 2.30 bits per heavy atom. The minimum absolute atomic E-state index is 0.00954. The van der Waals surface area contributed by atoms with Gasteiger partial charge in [0.25, 0.3) is 5.85 Å². The van der Waals surface area contributed by atoms with E-state index in [2.05, 4.69) is 0 Å². The van der Waals surface area contributed by atoms with Crippen molar-refractivity contribution in [2.24, 2.45) is 0 Å². The Morgan fingerprint density at radius 2 is 2.00 bits per heavy atom. The molecule has 0 unspecified atom stereocenters. The average Bonchev–Trinajstić information content (AvgIpc) is 1.59. The van der Waals surface area contributed by atoms with Crippen molar-refractivity contribution < 1.29 is 4.57 Å². The van der Waals surface area contributed by atoms with E-state index in [1.54, 1.807) is 0 Å². The highest BCUT2D eigenvalue weighted by Crippen LogP contribution is 2.57. The first-order valence-corrected chi connectivity index (χ1v) is 6.96. The van der Waals surface area contributed by atoms with E-state index in [-0.39, 0.29) is 12.0 Å². The topological polar surface area (TPSA) is 17.1 Å². The molecule has 60 valence electrons. The summed E-state index contributed by atoms with van der Waals surface area (Å²) in [6, 6.07) is 0. The van der Waals surface area contributed by atoms with Crippen LogP contribution in [0, 0.1) is 0 Å². The molecule has 0 heterocycles. The van der Waals surface area contributed by atoms with Gasteiger partial charge in [-0.25, -0.2) is 0 Å². The fourth-order valence-electron chi connectivity index (χ4n) is 0.324. The summed E-state index contributed by atoms with van der Waals surface area (Å²) in [7, 11) is 0. The van der Waals surface area contributed by atoms with Crippen LogP contribution in [0.4, 0.5) is 0 Å². The normalized spacial score (nSPS) is 13.8. The third kappa shape index (κ3) is 7.24. The molecule has 0 amide bonds. The van der Waals surface area contributed by atoms with Crippen molar-refractivity contribution in [2.45, 2.75) is 0 Å². The van der Waals surface area contributed by atoms with Gasteiger partial charge in [-0.05, 0) is 22.5 Å². The lowest BCUT2D eigenvalue weighted by atomic mass is 10.6. The van der Waals surface area contributed by atoms with Gasteiger partial charge < -0.3 is 0 Å². The number of hydrogen-bond acceptors (Lipinski definition) is 1. The number of rotatable bonds is 3. The molecular weight excluding hydrogens is 237 g/mol. The molecule has 0 aliphatic heterocycles. The van der Waals surface area contributed by atoms with Gasteiger partial charge in [-0.3, -0.25) is 4.57 Å². The zero-order chi connectivity index (χ0) is 8.20. The quantitative estimate of drug-likeness (QED) is 0.539. The third-order valence-electron chi connectivity index (χ3n) is 0.634. The van der Waals surface area contributed by atoms with Gasteiger partial charge in [0.1, 0.15) is 0 Å². The molecule has 0 radical (unpaired) electrons. The SMILES string of the molecule is O=P(Cl)(Cl)CC(Cl)=CCCl. The van der Waals surface area contributed by atoms with Gasteiger partial charge in [0.2, 0.25) is 0 Å². The molecule has 10 heavy (non-hydrogen) atoms. The fraction of sp³-hybridized carbons (Fsp3) is 0.500. The number of allylic oxidation sites excluding steroid dienone is 2. The van der Waals surface area contributed by atoms with E-state index in [1.807, 2.05) is 0 Å². The molecule has 0 bridgehead atoms. The summed E-state index contributed by atoms with van der Waals surface area (Å²) >= 11 is 21.2. The zero-order valence-corrected chi connectivity index (χ0v) is 8.78. The number of alkyl halides is 1. The maximum atomic E-state index is 10.7. The largest absolute Gasteiger partial charge is 0.289 e. The van der Waals surface area contributed by atoms with E-state index >= 15 is 0 Å². The van der Waals surface area contributed by atoms with Crippen molar-refractivity contribution in [1.29, 1.82) is 0 Å². The van der Waals surface area contributed by atoms with Crippen molar-refractivity contribution in [1.82, 2.24) is 0 Å². The predicted octanol–water partition coefficient (Wildman–Crippen LogP) is 4.02. The molecule has 0 spiro atoms. The number of hydrogen-bond donors (Lipinski definition) is 0. The molecule has 1 nitrogen and oxygen atoms in total. The summed E-state index contributed by atoms with van der Waals surface area (Å²) in [6.45, 7) is 0. The Kier molecular flexibility index (Phi) is 5.45. The van der Waals surface area contributed by atoms with Crippen LogP contribution in [0.25, 0.3) is 0 Å². The van der Waals surface area contributed by atoms with E-state index < -0.39 is 5.85 Å². The average molecular weight is 242 g/mol. The summed E-state index contributed by atoms with van der Waals surface area (Å²) in [5.74, 6) is -2.80. The summed E-state index contributed by atoms with van der Waals surface area (Å²) in [4.78, 5) is 0. The zero-order valence-electron chi connectivity index (χ0n) is 4.86. The standard InChI is InChI=1S/C4H5Cl4OP/c5-2-1-4(6)3-10(7,8)9/h1H,2-3H2. The molecule has 6 heteroatoms. The Morgan fingerprint density at radius 1 is 1.50 bits per heavy atom. The molecular formula is C4H5Cl4OP. The molecule has 0 aromatic carbocycles. The highest BCUT2D eigenvalue weighted by atomic mass is 35.9. The minimum atomic E-state index is -3.07. The van der Waals surface area contributed by atoms with Crippen LogP contribution in [-0.4, -0.2) is 12.0 Å². The molecule has 0 fully saturated rings. The smallest absolute Gasteiger partial charge is 0.258 e. The van der Waals surface area contributed by atoms with Crippen molar-refractivity contribution in [3.63, 3.8) is 0 Å². The first-order valence-electron chi connectivity index (χ1n) is 2.34. The van der Waals surface area contributed by atoms with Gasteiger partial charge in [-0.15, -0.1) is 11.6 Å². The van der Waals surface area contributed by atoms with Crippen LogP contribution in [0.15, 0.2) is 11.1 Å². The lowest BCUT2D eigenvalue weighted by molar-refractivity contribution is 0.594. The van der Waals surface area contributed by atoms with Crippen molar-refractivity contribution in [2.75, 3.05) is 12.0 Å². The summed E-state index contributed by atoms with van der Waals surface area (Å²) < 4.78 is 10.7. The second-order valence-electron chi connectivity index (χ2n) is 1.53. The molecule has 0 aromatic heterocycles. The van der Waals surface area contributed by atoms with Crippen LogP contribution in [0.3, 0.4) is 0 Å². The van der Waals surface area contributed by atoms with Crippen LogP contribution in [0.2, 0.25) is 0 Å². The van der Waals surface area contributed by atoms with Crippen LogP contribution < -0.4 is 0 Å². The number of halogens is 4. The summed E-state index contributed by atoms with van der Waals surface area (Å²) in [6.07, 6.45) is 1.49. The molecule has 0 saturated carbocycles. The predicted molar refractivity (Wildman–Crippen MR) is 48.8 cm³/mol. The molecule has 0 N–H and O–H groups in total. The maximum absolute atomic E-state index is 10.7. The van der Waals surface area contributed by atoms with Crippen LogP contribution >= 0.6 is 51.5 Å².